The van der Waals surface area contributed by atoms with Gasteiger partial charge in [-0.2, -0.15) is 9.97 Å². The zero-order valence-electron chi connectivity index (χ0n) is 17.3. The van der Waals surface area contributed by atoms with Crippen LogP contribution in [0.15, 0.2) is 29.1 Å². The molecule has 166 valence electrons. The number of H-pyrrole nitrogens is 1. The third-order valence-electron chi connectivity index (χ3n) is 4.42. The minimum absolute atomic E-state index is 0.00667. The van der Waals surface area contributed by atoms with Gasteiger partial charge in [0.2, 0.25) is 0 Å². The van der Waals surface area contributed by atoms with Gasteiger partial charge >= 0.3 is 11.7 Å². The lowest BCUT2D eigenvalue weighted by Gasteiger charge is -2.13. The number of ether oxygens (including phenoxy) is 3. The summed E-state index contributed by atoms with van der Waals surface area (Å²) in [7, 11) is 1.53. The van der Waals surface area contributed by atoms with Crippen molar-refractivity contribution in [3.63, 3.8) is 0 Å². The molecule has 0 saturated heterocycles. The number of nitrogens with zero attached hydrogens (tertiary/aromatic N) is 3. The number of imidazole rings is 1. The molecule has 2 heterocycles. The Kier molecular flexibility index (Phi) is 7.21. The van der Waals surface area contributed by atoms with Crippen LogP contribution in [-0.2, 0) is 4.74 Å². The van der Waals surface area contributed by atoms with Gasteiger partial charge in [0, 0.05) is 19.1 Å². The molecule has 31 heavy (non-hydrogen) atoms. The summed E-state index contributed by atoms with van der Waals surface area (Å²) in [5.74, 6) is -0.237. The number of aromatic amines is 1. The van der Waals surface area contributed by atoms with E-state index in [9.17, 15) is 14.7 Å². The zero-order valence-corrected chi connectivity index (χ0v) is 17.3. The number of methoxy groups -OCH3 is 1. The Hall–Kier alpha value is -3.44. The van der Waals surface area contributed by atoms with E-state index < -0.39 is 17.9 Å². The Bertz CT molecular complexity index is 1090. The number of aromatic nitrogens is 4. The number of aliphatic hydroxyl groups excluding tert-OH is 1. The number of hydrogen-bond acceptors (Lipinski definition) is 9. The number of nitrogens with two attached hydrogens (primary N) is 1. The molecule has 2 aromatic heterocycles. The molecule has 11 heteroatoms. The smallest absolute Gasteiger partial charge is 0.334 e. The lowest BCUT2D eigenvalue weighted by atomic mass is 10.2. The van der Waals surface area contributed by atoms with Crippen LogP contribution in [0.3, 0.4) is 0 Å². The Morgan fingerprint density at radius 3 is 2.68 bits per heavy atom. The quantitative estimate of drug-likeness (QED) is 0.318. The summed E-state index contributed by atoms with van der Waals surface area (Å²) in [5, 5.41) is 9.79. The summed E-state index contributed by atoms with van der Waals surface area (Å²) in [6.45, 7) is 2.75. The van der Waals surface area contributed by atoms with Gasteiger partial charge in [-0.25, -0.2) is 9.36 Å². The first-order valence-corrected chi connectivity index (χ1v) is 9.84. The summed E-state index contributed by atoms with van der Waals surface area (Å²) in [5.41, 5.74) is 5.62. The van der Waals surface area contributed by atoms with Crippen LogP contribution in [0.2, 0.25) is 0 Å². The largest absolute Gasteiger partial charge is 0.465 e. The fourth-order valence-electron chi connectivity index (χ4n) is 2.79. The van der Waals surface area contributed by atoms with E-state index >= 15 is 0 Å². The predicted molar refractivity (Wildman–Crippen MR) is 112 cm³/mol. The lowest BCUT2D eigenvalue weighted by Crippen LogP contribution is -2.25. The average molecular weight is 431 g/mol. The molecule has 0 radical (unpaired) electrons. The average Bonchev–Trinajstić information content (AvgIpc) is 3.09. The normalized spacial score (nSPS) is 12.1. The zero-order chi connectivity index (χ0) is 22.4. The Labute approximate surface area is 177 Å². The van der Waals surface area contributed by atoms with E-state index in [4.69, 9.17) is 19.9 Å². The van der Waals surface area contributed by atoms with Crippen molar-refractivity contribution in [2.24, 2.45) is 0 Å². The molecular formula is C20H25N5O6. The van der Waals surface area contributed by atoms with E-state index in [-0.39, 0.29) is 28.6 Å². The standard InChI is InChI=1S/C20H25N5O6/c1-3-4-10-30-19-23-16(21)15-17(24-19)25(20(28)22-15)18(27)12-5-7-13(8-6-12)31-14(26)9-11-29-2/h5-8,14,26H,3-4,9-11H2,1-2H3,(H,22,28)(H2,21,23,24). The van der Waals surface area contributed by atoms with Crippen molar-refractivity contribution in [1.29, 1.82) is 0 Å². The number of unbranched alkanes of at least 4 members (excludes halogenated alkanes) is 1. The highest BCUT2D eigenvalue weighted by Gasteiger charge is 2.20. The molecule has 3 aromatic rings. The van der Waals surface area contributed by atoms with Gasteiger partial charge in [0.15, 0.2) is 17.8 Å². The second kappa shape index (κ2) is 10.0. The van der Waals surface area contributed by atoms with Crippen LogP contribution in [0.25, 0.3) is 11.2 Å². The monoisotopic (exact) mass is 431 g/mol. The number of fused-ring (bicyclic) bond motifs is 1. The molecule has 0 bridgehead atoms. The second-order valence-electron chi connectivity index (χ2n) is 6.74. The Morgan fingerprint density at radius 1 is 1.26 bits per heavy atom. The second-order valence-corrected chi connectivity index (χ2v) is 6.74. The van der Waals surface area contributed by atoms with Crippen molar-refractivity contribution in [3.05, 3.63) is 40.3 Å². The highest BCUT2D eigenvalue weighted by molar-refractivity contribution is 6.01. The third-order valence-corrected chi connectivity index (χ3v) is 4.42. The maximum Gasteiger partial charge on any atom is 0.334 e. The highest BCUT2D eigenvalue weighted by Crippen LogP contribution is 2.20. The number of rotatable bonds is 10. The number of anilines is 1. The van der Waals surface area contributed by atoms with Crippen molar-refractivity contribution in [2.75, 3.05) is 26.1 Å². The summed E-state index contributed by atoms with van der Waals surface area (Å²) >= 11 is 0. The molecular weight excluding hydrogens is 406 g/mol. The van der Waals surface area contributed by atoms with Crippen LogP contribution < -0.4 is 20.9 Å². The Balaban J connectivity index is 1.86. The first-order chi connectivity index (χ1) is 14.9. The number of carbonyl (C=O) groups is 1. The molecule has 1 atom stereocenters. The van der Waals surface area contributed by atoms with E-state index in [1.807, 2.05) is 6.92 Å². The van der Waals surface area contributed by atoms with E-state index in [2.05, 4.69) is 15.0 Å². The topological polar surface area (TPSA) is 155 Å². The third kappa shape index (κ3) is 5.19. The van der Waals surface area contributed by atoms with Gasteiger partial charge < -0.3 is 30.0 Å². The van der Waals surface area contributed by atoms with E-state index in [1.54, 1.807) is 0 Å². The lowest BCUT2D eigenvalue weighted by molar-refractivity contribution is -0.0368. The number of aliphatic hydroxyl groups is 1. The minimum atomic E-state index is -1.04. The van der Waals surface area contributed by atoms with Crippen molar-refractivity contribution < 1.29 is 24.1 Å². The molecule has 4 N–H and O–H groups in total. The number of benzene rings is 1. The van der Waals surface area contributed by atoms with Crippen molar-refractivity contribution in [1.82, 2.24) is 19.5 Å². The van der Waals surface area contributed by atoms with Gasteiger partial charge in [0.25, 0.3) is 5.91 Å². The van der Waals surface area contributed by atoms with Crippen molar-refractivity contribution >= 4 is 22.9 Å². The van der Waals surface area contributed by atoms with Gasteiger partial charge in [-0.3, -0.25) is 4.79 Å². The van der Waals surface area contributed by atoms with Crippen LogP contribution in [0.1, 0.15) is 36.5 Å². The summed E-state index contributed by atoms with van der Waals surface area (Å²) in [4.78, 5) is 36.2. The number of nitrogens with one attached hydrogen (secondary N) is 1. The number of carbonyl (C=O) groups excluding carboxylic acids is 1. The van der Waals surface area contributed by atoms with Crippen LogP contribution in [0.5, 0.6) is 11.8 Å². The van der Waals surface area contributed by atoms with Gasteiger partial charge in [-0.05, 0) is 30.7 Å². The van der Waals surface area contributed by atoms with Crippen LogP contribution in [-0.4, -0.2) is 57.1 Å². The molecule has 11 nitrogen and oxygen atoms in total. The fraction of sp³-hybridized carbons (Fsp3) is 0.400. The number of hydrogen-bond donors (Lipinski definition) is 3. The molecule has 1 aromatic carbocycles. The first kappa shape index (κ1) is 22.2. The van der Waals surface area contributed by atoms with Gasteiger partial charge in [-0.1, -0.05) is 13.3 Å². The van der Waals surface area contributed by atoms with E-state index in [0.29, 0.717) is 25.4 Å². The van der Waals surface area contributed by atoms with Crippen molar-refractivity contribution in [2.45, 2.75) is 32.5 Å². The first-order valence-electron chi connectivity index (χ1n) is 9.84. The molecule has 0 amide bonds. The molecule has 0 aliphatic rings. The molecule has 3 rings (SSSR count). The highest BCUT2D eigenvalue weighted by atomic mass is 16.6. The summed E-state index contributed by atoms with van der Waals surface area (Å²) in [6.07, 6.45) is 0.984. The predicted octanol–water partition coefficient (Wildman–Crippen LogP) is 1.30. The van der Waals surface area contributed by atoms with E-state index in [0.717, 1.165) is 17.4 Å². The molecule has 1 unspecified atom stereocenters. The molecule has 0 fully saturated rings. The minimum Gasteiger partial charge on any atom is -0.465 e. The Morgan fingerprint density at radius 2 is 2.00 bits per heavy atom. The fourth-order valence-corrected chi connectivity index (χ4v) is 2.79. The van der Waals surface area contributed by atoms with E-state index in [1.165, 1.54) is 31.4 Å². The number of nitrogen functional groups attached to an aromatic ring is 1. The maximum atomic E-state index is 13.0. The van der Waals surface area contributed by atoms with Gasteiger partial charge in [0.1, 0.15) is 11.3 Å². The van der Waals surface area contributed by atoms with Crippen LogP contribution >= 0.6 is 0 Å². The molecule has 0 spiro atoms. The van der Waals surface area contributed by atoms with Gasteiger partial charge in [0.05, 0.1) is 13.2 Å². The SMILES string of the molecule is CCCCOc1nc(N)c2[nH]c(=O)n(C(=O)c3ccc(OC(O)CCOC)cc3)c2n1. The van der Waals surface area contributed by atoms with Gasteiger partial charge in [-0.15, -0.1) is 0 Å². The van der Waals surface area contributed by atoms with Crippen molar-refractivity contribution in [3.8, 4) is 11.8 Å². The molecule has 0 saturated carbocycles. The van der Waals surface area contributed by atoms with Crippen LogP contribution in [0.4, 0.5) is 5.82 Å². The molecule has 0 aliphatic heterocycles. The summed E-state index contributed by atoms with van der Waals surface area (Å²) < 4.78 is 16.6. The van der Waals surface area contributed by atoms with Crippen LogP contribution in [0, 0.1) is 0 Å². The molecule has 0 aliphatic carbocycles. The summed E-state index contributed by atoms with van der Waals surface area (Å²) in [6, 6.07) is 6.00. The maximum absolute atomic E-state index is 13.0.